The molecule has 0 spiro atoms. The minimum atomic E-state index is 0. The van der Waals surface area contributed by atoms with Crippen molar-refractivity contribution >= 4 is 18.3 Å². The molecule has 1 aromatic rings. The lowest BCUT2D eigenvalue weighted by Crippen LogP contribution is -2.55. The van der Waals surface area contributed by atoms with Gasteiger partial charge in [-0.1, -0.05) is 24.6 Å². The molecular formula is C16H25ClN2O. The number of hydrogen-bond acceptors (Lipinski definition) is 2. The Morgan fingerprint density at radius 1 is 1.30 bits per heavy atom. The van der Waals surface area contributed by atoms with Crippen molar-refractivity contribution in [2.24, 2.45) is 5.92 Å². The summed E-state index contributed by atoms with van der Waals surface area (Å²) in [5.41, 5.74) is 3.02. The van der Waals surface area contributed by atoms with Gasteiger partial charge in [-0.3, -0.25) is 4.79 Å². The average molecular weight is 297 g/mol. The number of aryl methyl sites for hydroxylation is 2. The molecule has 3 atom stereocenters. The van der Waals surface area contributed by atoms with Gasteiger partial charge in [-0.15, -0.1) is 12.4 Å². The lowest BCUT2D eigenvalue weighted by atomic mass is 9.89. The van der Waals surface area contributed by atoms with Gasteiger partial charge < -0.3 is 10.6 Å². The van der Waals surface area contributed by atoms with Gasteiger partial charge >= 0.3 is 0 Å². The van der Waals surface area contributed by atoms with E-state index in [1.807, 2.05) is 26.0 Å². The highest BCUT2D eigenvalue weighted by Gasteiger charge is 2.29. The fraction of sp³-hybridized carbons (Fsp3) is 0.562. The monoisotopic (exact) mass is 296 g/mol. The Bertz CT molecular complexity index is 466. The number of carbonyl (C=O) groups is 1. The quantitative estimate of drug-likeness (QED) is 0.881. The van der Waals surface area contributed by atoms with Crippen molar-refractivity contribution in [1.82, 2.24) is 10.6 Å². The Morgan fingerprint density at radius 3 is 2.60 bits per heavy atom. The number of hydrogen-bond donors (Lipinski definition) is 2. The standard InChI is InChI=1S/C16H24N2O.ClH/c1-10-5-6-14(12(3)9-10)16(19)18-15-11(2)7-8-17-13(15)4;/h5-6,9,11,13,15,17H,7-8H2,1-4H3,(H,18,19);1H. The van der Waals surface area contributed by atoms with E-state index in [9.17, 15) is 4.79 Å². The van der Waals surface area contributed by atoms with E-state index in [4.69, 9.17) is 0 Å². The van der Waals surface area contributed by atoms with Crippen LogP contribution < -0.4 is 10.6 Å². The van der Waals surface area contributed by atoms with Gasteiger partial charge in [0.15, 0.2) is 0 Å². The maximum atomic E-state index is 12.4. The second kappa shape index (κ2) is 7.09. The van der Waals surface area contributed by atoms with Crippen LogP contribution in [-0.4, -0.2) is 24.5 Å². The van der Waals surface area contributed by atoms with Crippen LogP contribution in [0.15, 0.2) is 18.2 Å². The van der Waals surface area contributed by atoms with Crippen molar-refractivity contribution in [3.8, 4) is 0 Å². The minimum Gasteiger partial charge on any atom is -0.347 e. The highest BCUT2D eigenvalue weighted by molar-refractivity contribution is 5.95. The van der Waals surface area contributed by atoms with E-state index < -0.39 is 0 Å². The molecule has 0 radical (unpaired) electrons. The number of rotatable bonds is 2. The second-order valence-electron chi connectivity index (χ2n) is 5.83. The molecule has 2 N–H and O–H groups in total. The summed E-state index contributed by atoms with van der Waals surface area (Å²) >= 11 is 0. The topological polar surface area (TPSA) is 41.1 Å². The first-order valence-electron chi connectivity index (χ1n) is 7.10. The molecule has 4 heteroatoms. The fourth-order valence-electron chi connectivity index (χ4n) is 2.90. The Labute approximate surface area is 127 Å². The first-order chi connectivity index (χ1) is 8.99. The number of piperidine rings is 1. The summed E-state index contributed by atoms with van der Waals surface area (Å²) in [4.78, 5) is 12.4. The van der Waals surface area contributed by atoms with Crippen LogP contribution in [0.1, 0.15) is 41.8 Å². The molecule has 3 nitrogen and oxygen atoms in total. The van der Waals surface area contributed by atoms with Crippen LogP contribution in [-0.2, 0) is 0 Å². The normalized spacial score (nSPS) is 25.7. The molecule has 1 heterocycles. The van der Waals surface area contributed by atoms with Crippen LogP contribution in [0.5, 0.6) is 0 Å². The highest BCUT2D eigenvalue weighted by atomic mass is 35.5. The Hall–Kier alpha value is -1.06. The minimum absolute atomic E-state index is 0. The molecule has 1 fully saturated rings. The third-order valence-corrected chi connectivity index (χ3v) is 4.14. The summed E-state index contributed by atoms with van der Waals surface area (Å²) in [6.45, 7) is 9.43. The van der Waals surface area contributed by atoms with Crippen LogP contribution in [0.2, 0.25) is 0 Å². The van der Waals surface area contributed by atoms with Crippen molar-refractivity contribution in [2.45, 2.75) is 46.2 Å². The zero-order valence-electron chi connectivity index (χ0n) is 12.7. The van der Waals surface area contributed by atoms with Crippen molar-refractivity contribution in [2.75, 3.05) is 6.54 Å². The summed E-state index contributed by atoms with van der Waals surface area (Å²) in [5, 5.41) is 6.62. The summed E-state index contributed by atoms with van der Waals surface area (Å²) in [5.74, 6) is 0.566. The maximum absolute atomic E-state index is 12.4. The van der Waals surface area contributed by atoms with Crippen LogP contribution in [0.4, 0.5) is 0 Å². The van der Waals surface area contributed by atoms with E-state index in [0.29, 0.717) is 12.0 Å². The van der Waals surface area contributed by atoms with E-state index in [1.54, 1.807) is 0 Å². The van der Waals surface area contributed by atoms with E-state index in [1.165, 1.54) is 5.56 Å². The smallest absolute Gasteiger partial charge is 0.251 e. The lowest BCUT2D eigenvalue weighted by Gasteiger charge is -2.36. The largest absolute Gasteiger partial charge is 0.347 e. The Kier molecular flexibility index (Phi) is 6.03. The number of nitrogens with one attached hydrogen (secondary N) is 2. The predicted octanol–water partition coefficient (Wildman–Crippen LogP) is 2.84. The molecule has 2 rings (SSSR count). The molecule has 112 valence electrons. The van der Waals surface area contributed by atoms with Gasteiger partial charge in [0.2, 0.25) is 0 Å². The summed E-state index contributed by atoms with van der Waals surface area (Å²) in [7, 11) is 0. The molecule has 1 aliphatic rings. The van der Waals surface area contributed by atoms with Gasteiger partial charge in [-0.05, 0) is 51.3 Å². The molecular weight excluding hydrogens is 272 g/mol. The molecule has 1 aromatic carbocycles. The third-order valence-electron chi connectivity index (χ3n) is 4.14. The van der Waals surface area contributed by atoms with Gasteiger partial charge in [0.1, 0.15) is 0 Å². The number of amides is 1. The van der Waals surface area contributed by atoms with E-state index in [-0.39, 0.29) is 24.4 Å². The molecule has 3 unspecified atom stereocenters. The fourth-order valence-corrected chi connectivity index (χ4v) is 2.90. The van der Waals surface area contributed by atoms with Gasteiger partial charge in [-0.2, -0.15) is 0 Å². The van der Waals surface area contributed by atoms with Crippen LogP contribution in [0.25, 0.3) is 0 Å². The zero-order chi connectivity index (χ0) is 14.0. The zero-order valence-corrected chi connectivity index (χ0v) is 13.5. The summed E-state index contributed by atoms with van der Waals surface area (Å²) < 4.78 is 0. The van der Waals surface area contributed by atoms with Crippen LogP contribution >= 0.6 is 12.4 Å². The predicted molar refractivity (Wildman–Crippen MR) is 85.7 cm³/mol. The molecule has 0 bridgehead atoms. The van der Waals surface area contributed by atoms with Crippen molar-refractivity contribution in [1.29, 1.82) is 0 Å². The molecule has 20 heavy (non-hydrogen) atoms. The SMILES string of the molecule is Cc1ccc(C(=O)NC2C(C)CCNC2C)c(C)c1.Cl. The van der Waals surface area contributed by atoms with Gasteiger partial charge in [0.25, 0.3) is 5.91 Å². The Balaban J connectivity index is 0.00000200. The first kappa shape index (κ1) is 17.0. The number of carbonyl (C=O) groups excluding carboxylic acids is 1. The summed E-state index contributed by atoms with van der Waals surface area (Å²) in [6.07, 6.45) is 1.11. The van der Waals surface area contributed by atoms with E-state index in [0.717, 1.165) is 24.1 Å². The molecule has 1 aliphatic heterocycles. The molecule has 0 aliphatic carbocycles. The average Bonchev–Trinajstić information content (AvgIpc) is 2.33. The van der Waals surface area contributed by atoms with Crippen LogP contribution in [0, 0.1) is 19.8 Å². The van der Waals surface area contributed by atoms with E-state index in [2.05, 4.69) is 30.5 Å². The molecule has 0 saturated carbocycles. The van der Waals surface area contributed by atoms with Crippen molar-refractivity contribution in [3.05, 3.63) is 34.9 Å². The first-order valence-corrected chi connectivity index (χ1v) is 7.10. The third kappa shape index (κ3) is 3.74. The van der Waals surface area contributed by atoms with Gasteiger partial charge in [0, 0.05) is 17.6 Å². The van der Waals surface area contributed by atoms with E-state index >= 15 is 0 Å². The van der Waals surface area contributed by atoms with Crippen molar-refractivity contribution in [3.63, 3.8) is 0 Å². The summed E-state index contributed by atoms with van der Waals surface area (Å²) in [6, 6.07) is 6.51. The second-order valence-corrected chi connectivity index (χ2v) is 5.83. The molecule has 1 saturated heterocycles. The number of halogens is 1. The highest BCUT2D eigenvalue weighted by Crippen LogP contribution is 2.18. The van der Waals surface area contributed by atoms with Crippen LogP contribution in [0.3, 0.4) is 0 Å². The molecule has 1 amide bonds. The maximum Gasteiger partial charge on any atom is 0.251 e. The number of benzene rings is 1. The van der Waals surface area contributed by atoms with Gasteiger partial charge in [0.05, 0.1) is 0 Å². The Morgan fingerprint density at radius 2 is 2.00 bits per heavy atom. The lowest BCUT2D eigenvalue weighted by molar-refractivity contribution is 0.0897. The van der Waals surface area contributed by atoms with Crippen molar-refractivity contribution < 1.29 is 4.79 Å². The van der Waals surface area contributed by atoms with Gasteiger partial charge in [-0.25, -0.2) is 0 Å². The molecule has 0 aromatic heterocycles.